The SMILES string of the molecule is CC(C)c1cnccn1.CC(C)c1ncc(CN2CCN(C)CC2)cn1.CC(C)c1ncc(CN2CCNCC2)cn1.CC(C)c1ncc(CN2CCOCC2)cn1.CC(C)c1ncc(N2CCN(C)CC2)cn1.CC(C)c1ncc(N2CCOCC2)cn1.CC(C)c1nccc(N2CCOCC2)n1.CC(C)c1ncccn1.CSc1nc(C(C)C)cc(C(F)(F)F)n1.Cc1noc(C(C)C)n1. The van der Waals surface area contributed by atoms with Gasteiger partial charge in [0, 0.05) is 282 Å². The number of thioether (sulfide) groups is 1. The second kappa shape index (κ2) is 61.5. The van der Waals surface area contributed by atoms with Crippen LogP contribution in [0, 0.1) is 6.92 Å². The minimum absolute atomic E-state index is 0.0417. The summed E-state index contributed by atoms with van der Waals surface area (Å²) in [6.07, 6.45) is 27.3. The first kappa shape index (κ1) is 114. The van der Waals surface area contributed by atoms with Gasteiger partial charge in [-0.15, -0.1) is 0 Å². The Bertz CT molecular complexity index is 4710. The molecule has 6 saturated heterocycles. The molecule has 0 radical (unpaired) electrons. The van der Waals surface area contributed by atoms with E-state index >= 15 is 0 Å². The maximum absolute atomic E-state index is 12.4. The van der Waals surface area contributed by atoms with Gasteiger partial charge in [-0.3, -0.25) is 24.7 Å². The largest absolute Gasteiger partial charge is 0.433 e. The lowest BCUT2D eigenvalue weighted by atomic mass is 10.1. The normalized spacial score (nSPS) is 15.8. The number of nitrogens with one attached hydrogen (secondary N) is 1. The quantitative estimate of drug-likeness (QED) is 0.0547. The van der Waals surface area contributed by atoms with Crippen LogP contribution >= 0.6 is 11.8 Å². The van der Waals surface area contributed by atoms with Gasteiger partial charge in [-0.05, 0) is 57.3 Å². The number of piperazine rings is 3. The van der Waals surface area contributed by atoms with Crippen LogP contribution in [0.4, 0.5) is 30.4 Å². The molecule has 33 nitrogen and oxygen atoms in total. The fourth-order valence-electron chi connectivity index (χ4n) is 13.5. The molecule has 0 unspecified atom stereocenters. The summed E-state index contributed by atoms with van der Waals surface area (Å²) in [7, 11) is 4.34. The zero-order chi connectivity index (χ0) is 99.8. The predicted octanol–water partition coefficient (Wildman–Crippen LogP) is 16.1. The maximum atomic E-state index is 12.4. The van der Waals surface area contributed by atoms with Gasteiger partial charge >= 0.3 is 6.18 Å². The van der Waals surface area contributed by atoms with E-state index in [2.05, 4.69) is 269 Å². The number of hydrogen-bond donors (Lipinski definition) is 1. The molecule has 6 aliphatic heterocycles. The standard InChI is InChI=1S/C13H22N4.2C12H20N4.C12H19N3O.2C11H17N3O.C9H11F3N2S.2C7H10N2.C6H10N2O/c1-11(2)13-14-8-12(9-15-13)10-17-6-4-16(3)5-7-17;1-10(2)12-13-8-11(9-14-12)16-6-4-15(3)5-7-16;1-10(2)12-14-7-11(8-15-12)9-16-5-3-13-4-6-16;1-10(2)12-13-7-11(8-14-12)9-15-3-5-16-6-4-15;1-9(2)11-12-7-10(8-13-11)14-3-5-15-6-4-14;1-9(2)11-12-4-3-10(13-11)14-5-7-15-8-6-14;1-5(2)6-4-7(9(10,11)12)14-8(13-6)15-3;1-6(2)7-5-8-3-4-9-7;1-6(2)7-8-4-3-5-9-7;1-4(2)6-7-5(3)8-9-6/h8-9,11H,4-7,10H2,1-3H3;8-10H,4-7H2,1-3H3;7-8,10,13H,3-6,9H2,1-2H3;7-8,10H,3-6,9H2,1-2H3;7-9H,3-6H2,1-2H3;3-4,9H,5-8H2,1-2H3;4-5H,1-3H3;2*3-6H,1-2H3;4H,1-3H3. The third-order valence-electron chi connectivity index (χ3n) is 22.1. The Morgan fingerprint density at radius 1 is 0.358 bits per heavy atom. The first-order valence-electron chi connectivity index (χ1n) is 48.5. The number of morpholine rings is 3. The summed E-state index contributed by atoms with van der Waals surface area (Å²) in [4.78, 5) is 99.2. The summed E-state index contributed by atoms with van der Waals surface area (Å²) < 4.78 is 58.1. The first-order valence-corrected chi connectivity index (χ1v) is 49.7. The van der Waals surface area contributed by atoms with E-state index in [0.29, 0.717) is 70.7 Å². The van der Waals surface area contributed by atoms with Crippen molar-refractivity contribution in [1.29, 1.82) is 0 Å². The van der Waals surface area contributed by atoms with Crippen molar-refractivity contribution in [3.05, 3.63) is 204 Å². The Balaban J connectivity index is 0.000000209. The lowest BCUT2D eigenvalue weighted by Crippen LogP contribution is -2.44. The smallest absolute Gasteiger partial charge is 0.379 e. The van der Waals surface area contributed by atoms with Crippen LogP contribution in [-0.2, 0) is 40.0 Å². The van der Waals surface area contributed by atoms with Crippen molar-refractivity contribution in [2.24, 2.45) is 0 Å². The molecule has 0 amide bonds. The predicted molar refractivity (Wildman–Crippen MR) is 538 cm³/mol. The number of aryl methyl sites for hydroxylation is 1. The third kappa shape index (κ3) is 43.5. The van der Waals surface area contributed by atoms with Crippen LogP contribution in [0.25, 0.3) is 0 Å². The van der Waals surface area contributed by atoms with Crippen LogP contribution in [0.15, 0.2) is 127 Å². The van der Waals surface area contributed by atoms with E-state index in [4.69, 9.17) is 18.7 Å². The highest BCUT2D eigenvalue weighted by atomic mass is 32.2. The number of nitrogens with zero attached hydrogens (tertiary/aromatic N) is 28. The van der Waals surface area contributed by atoms with E-state index in [0.717, 1.165) is 259 Å². The molecular formula is C100H156F3N29O4S. The minimum Gasteiger partial charge on any atom is -0.379 e. The molecular weight excluding hydrogens is 1760 g/mol. The van der Waals surface area contributed by atoms with Crippen molar-refractivity contribution >= 4 is 29.0 Å². The number of anilines is 3. The summed E-state index contributed by atoms with van der Waals surface area (Å²) in [5.41, 5.74) is 6.47. The van der Waals surface area contributed by atoms with Crippen molar-refractivity contribution < 1.29 is 31.9 Å². The number of halogens is 3. The summed E-state index contributed by atoms with van der Waals surface area (Å²) in [5, 5.41) is 7.16. The molecule has 0 aromatic carbocycles. The van der Waals surface area contributed by atoms with Crippen molar-refractivity contribution in [3.8, 4) is 0 Å². The number of rotatable bonds is 20. The van der Waals surface area contributed by atoms with Gasteiger partial charge < -0.3 is 48.6 Å². The summed E-state index contributed by atoms with van der Waals surface area (Å²) in [6.45, 7) is 70.0. The van der Waals surface area contributed by atoms with Gasteiger partial charge in [0.25, 0.3) is 0 Å². The van der Waals surface area contributed by atoms with E-state index in [9.17, 15) is 13.2 Å². The molecule has 10 aromatic heterocycles. The van der Waals surface area contributed by atoms with Crippen LogP contribution in [0.3, 0.4) is 0 Å². The lowest BCUT2D eigenvalue weighted by molar-refractivity contribution is -0.141. The van der Waals surface area contributed by atoms with Crippen molar-refractivity contribution in [2.45, 2.75) is 236 Å². The van der Waals surface area contributed by atoms with Gasteiger partial charge in [-0.1, -0.05) is 155 Å². The van der Waals surface area contributed by atoms with Crippen LogP contribution in [0.2, 0.25) is 0 Å². The van der Waals surface area contributed by atoms with E-state index in [1.165, 1.54) is 16.7 Å². The number of likely N-dealkylation sites (N-methyl/N-ethyl adjacent to an activating group) is 2. The molecule has 0 spiro atoms. The highest BCUT2D eigenvalue weighted by molar-refractivity contribution is 7.98. The fourth-order valence-corrected chi connectivity index (χ4v) is 13.9. The zero-order valence-corrected chi connectivity index (χ0v) is 86.8. The van der Waals surface area contributed by atoms with Gasteiger partial charge in [0.15, 0.2) is 11.0 Å². The Hall–Kier alpha value is -9.96. The van der Waals surface area contributed by atoms with Gasteiger partial charge in [0.1, 0.15) is 52.3 Å². The summed E-state index contributed by atoms with van der Waals surface area (Å²) in [6, 6.07) is 4.80. The molecule has 0 aliphatic carbocycles. The molecule has 0 atom stereocenters. The molecule has 0 bridgehead atoms. The second-order valence-electron chi connectivity index (χ2n) is 37.3. The van der Waals surface area contributed by atoms with E-state index in [1.54, 1.807) is 51.1 Å². The number of ether oxygens (including phenoxy) is 3. The molecule has 137 heavy (non-hydrogen) atoms. The minimum atomic E-state index is -4.41. The third-order valence-corrected chi connectivity index (χ3v) is 22.6. The lowest BCUT2D eigenvalue weighted by Gasteiger charge is -2.33. The van der Waals surface area contributed by atoms with Gasteiger partial charge in [-0.2, -0.15) is 18.2 Å². The molecule has 1 N–H and O–H groups in total. The van der Waals surface area contributed by atoms with Gasteiger partial charge in [0.05, 0.1) is 81.5 Å². The molecule has 6 fully saturated rings. The highest BCUT2D eigenvalue weighted by Crippen LogP contribution is 2.31. The van der Waals surface area contributed by atoms with Crippen LogP contribution in [0.1, 0.15) is 284 Å². The Labute approximate surface area is 817 Å². The second-order valence-corrected chi connectivity index (χ2v) is 38.1. The Morgan fingerprint density at radius 3 is 1.08 bits per heavy atom. The maximum Gasteiger partial charge on any atom is 0.433 e. The number of alkyl halides is 3. The van der Waals surface area contributed by atoms with Gasteiger partial charge in [0.2, 0.25) is 5.89 Å². The fraction of sp³-hybridized carbons (Fsp3) is 0.620. The monoisotopic (exact) mass is 1920 g/mol. The molecule has 16 heterocycles. The van der Waals surface area contributed by atoms with Crippen molar-refractivity contribution in [2.75, 3.05) is 192 Å². The molecule has 37 heteroatoms. The first-order chi connectivity index (χ1) is 65.5. The van der Waals surface area contributed by atoms with Gasteiger partial charge in [-0.25, -0.2) is 79.7 Å². The zero-order valence-electron chi connectivity index (χ0n) is 86.0. The van der Waals surface area contributed by atoms with E-state index in [1.807, 2.05) is 101 Å². The highest BCUT2D eigenvalue weighted by Gasteiger charge is 2.34. The number of aromatic nitrogens is 20. The van der Waals surface area contributed by atoms with Crippen LogP contribution in [-0.4, -0.2) is 302 Å². The topological polar surface area (TPSA) is 337 Å². The van der Waals surface area contributed by atoms with Crippen LogP contribution < -0.4 is 20.0 Å². The summed E-state index contributed by atoms with van der Waals surface area (Å²) >= 11 is 1.11. The molecule has 16 rings (SSSR count). The van der Waals surface area contributed by atoms with Crippen molar-refractivity contribution in [3.63, 3.8) is 0 Å². The Morgan fingerprint density at radius 2 is 0.730 bits per heavy atom. The average molecular weight is 1920 g/mol. The molecule has 0 saturated carbocycles. The van der Waals surface area contributed by atoms with E-state index in [-0.39, 0.29) is 11.1 Å². The van der Waals surface area contributed by atoms with Crippen molar-refractivity contribution in [1.82, 2.24) is 130 Å². The average Bonchev–Trinajstić information content (AvgIpc) is 0.972. The summed E-state index contributed by atoms with van der Waals surface area (Å²) in [5.74, 6) is 12.5. The van der Waals surface area contributed by atoms with Crippen LogP contribution in [0.5, 0.6) is 0 Å². The Kier molecular flexibility index (Phi) is 51.2. The number of hydrogen-bond acceptors (Lipinski definition) is 34. The van der Waals surface area contributed by atoms with E-state index < -0.39 is 11.9 Å². The molecule has 752 valence electrons. The molecule has 10 aromatic rings. The molecule has 6 aliphatic rings.